The number of carbonyl (C=O) groups is 2. The number of benzene rings is 1. The second-order valence-electron chi connectivity index (χ2n) is 7.32. The van der Waals surface area contributed by atoms with Crippen LogP contribution in [0.2, 0.25) is 5.02 Å². The predicted molar refractivity (Wildman–Crippen MR) is 118 cm³/mol. The first kappa shape index (κ1) is 21.7. The van der Waals surface area contributed by atoms with Gasteiger partial charge in [0.2, 0.25) is 5.91 Å². The van der Waals surface area contributed by atoms with Gasteiger partial charge < -0.3 is 15.5 Å². The molecule has 2 heterocycles. The zero-order valence-corrected chi connectivity index (χ0v) is 18.7. The van der Waals surface area contributed by atoms with Crippen LogP contribution < -0.4 is 10.6 Å². The van der Waals surface area contributed by atoms with E-state index in [1.54, 1.807) is 24.3 Å². The Morgan fingerprint density at radius 1 is 1.28 bits per heavy atom. The molecule has 0 saturated carbocycles. The van der Waals surface area contributed by atoms with Crippen molar-refractivity contribution in [3.05, 3.63) is 51.6 Å². The maximum atomic E-state index is 12.8. The third-order valence-corrected chi connectivity index (χ3v) is 5.68. The Morgan fingerprint density at radius 2 is 2.00 bits per heavy atom. The average molecular weight is 479 g/mol. The molecular weight excluding hydrogens is 456 g/mol. The van der Waals surface area contributed by atoms with E-state index in [-0.39, 0.29) is 17.7 Å². The number of piperidine rings is 1. The fraction of sp³-hybridized carbons (Fsp3) is 0.381. The number of amides is 2. The van der Waals surface area contributed by atoms with Gasteiger partial charge in [0, 0.05) is 28.7 Å². The summed E-state index contributed by atoms with van der Waals surface area (Å²) in [4.78, 5) is 32.0. The number of aromatic nitrogens is 1. The Balaban J connectivity index is 1.70. The van der Waals surface area contributed by atoms with E-state index in [9.17, 15) is 9.59 Å². The van der Waals surface area contributed by atoms with Crippen molar-refractivity contribution in [3.63, 3.8) is 0 Å². The summed E-state index contributed by atoms with van der Waals surface area (Å²) in [6.07, 6.45) is 3.06. The summed E-state index contributed by atoms with van der Waals surface area (Å²) in [6, 6.07) is 10.1. The highest BCUT2D eigenvalue weighted by Gasteiger charge is 2.27. The van der Waals surface area contributed by atoms with Crippen molar-refractivity contribution in [2.75, 3.05) is 23.7 Å². The van der Waals surface area contributed by atoms with E-state index < -0.39 is 0 Å². The minimum atomic E-state index is -0.387. The molecule has 3 rings (SSSR count). The summed E-state index contributed by atoms with van der Waals surface area (Å²) in [6.45, 7) is 6.13. The van der Waals surface area contributed by atoms with E-state index in [1.807, 2.05) is 0 Å². The number of carbonyl (C=O) groups excluding carboxylic acids is 2. The van der Waals surface area contributed by atoms with E-state index in [1.165, 1.54) is 6.20 Å². The Hall–Kier alpha value is -1.96. The lowest BCUT2D eigenvalue weighted by molar-refractivity contribution is -0.121. The second kappa shape index (κ2) is 9.69. The number of nitrogens with zero attached hydrogens (tertiary/aromatic N) is 2. The number of anilines is 2. The average Bonchev–Trinajstić information content (AvgIpc) is 2.71. The number of hydrogen-bond donors (Lipinski definition) is 2. The number of likely N-dealkylation sites (tertiary alicyclic amines) is 1. The Labute approximate surface area is 184 Å². The van der Waals surface area contributed by atoms with Gasteiger partial charge in [-0.05, 0) is 64.0 Å². The van der Waals surface area contributed by atoms with Gasteiger partial charge in [0.05, 0.1) is 16.3 Å². The van der Waals surface area contributed by atoms with Crippen LogP contribution in [0.1, 0.15) is 37.0 Å². The van der Waals surface area contributed by atoms with Gasteiger partial charge in [-0.3, -0.25) is 9.59 Å². The number of rotatable bonds is 5. The van der Waals surface area contributed by atoms with E-state index in [2.05, 4.69) is 56.4 Å². The smallest absolute Gasteiger partial charge is 0.258 e. The standard InChI is InChI=1S/C21H23BrClN4O2/c1-13(2)27-9-7-14(8-10-27)20(28)25-18-5-3-15(22)11-17(18)21(29)26-19-6-4-16(23)12-24-19/h3-4,6,11-14H,7-10H2,1-2H3,(H,25,28)(H,24,26,29). The number of pyridine rings is 1. The quantitative estimate of drug-likeness (QED) is 0.658. The lowest BCUT2D eigenvalue weighted by Gasteiger charge is -2.34. The molecule has 1 aromatic carbocycles. The van der Waals surface area contributed by atoms with E-state index in [0.717, 1.165) is 25.9 Å². The fourth-order valence-corrected chi connectivity index (χ4v) is 3.74. The van der Waals surface area contributed by atoms with Crippen LogP contribution in [-0.2, 0) is 4.79 Å². The molecule has 0 aliphatic carbocycles. The minimum absolute atomic E-state index is 0.0733. The minimum Gasteiger partial charge on any atom is -0.325 e. The molecule has 0 spiro atoms. The summed E-state index contributed by atoms with van der Waals surface area (Å²) >= 11 is 9.19. The van der Waals surface area contributed by atoms with Gasteiger partial charge in [-0.25, -0.2) is 4.98 Å². The zero-order valence-electron chi connectivity index (χ0n) is 16.3. The van der Waals surface area contributed by atoms with Gasteiger partial charge in [0.15, 0.2) is 0 Å². The summed E-state index contributed by atoms with van der Waals surface area (Å²) in [7, 11) is 0. The molecule has 2 aromatic rings. The predicted octanol–water partition coefficient (Wildman–Crippen LogP) is 4.61. The lowest BCUT2D eigenvalue weighted by Crippen LogP contribution is -2.41. The van der Waals surface area contributed by atoms with Crippen LogP contribution in [0.5, 0.6) is 0 Å². The SMILES string of the molecule is CC(C)N1CCC(C(=O)Nc2[c]cc(Br)cc2C(=O)Nc2ccc(Cl)cn2)CC1. The molecule has 153 valence electrons. The number of hydrogen-bond acceptors (Lipinski definition) is 4. The molecule has 2 N–H and O–H groups in total. The molecule has 29 heavy (non-hydrogen) atoms. The number of nitrogens with one attached hydrogen (secondary N) is 2. The summed E-state index contributed by atoms with van der Waals surface area (Å²) in [5, 5.41) is 6.09. The molecular formula is C21H23BrClN4O2. The third kappa shape index (κ3) is 5.78. The van der Waals surface area contributed by atoms with Crippen molar-refractivity contribution in [3.8, 4) is 0 Å². The Kier molecular flexibility index (Phi) is 7.27. The van der Waals surface area contributed by atoms with E-state index in [0.29, 0.717) is 32.6 Å². The molecule has 1 radical (unpaired) electrons. The fourth-order valence-electron chi connectivity index (χ4n) is 3.29. The summed E-state index contributed by atoms with van der Waals surface area (Å²) < 4.78 is 0.690. The monoisotopic (exact) mass is 477 g/mol. The van der Waals surface area contributed by atoms with Gasteiger partial charge in [-0.1, -0.05) is 27.5 Å². The van der Waals surface area contributed by atoms with Crippen LogP contribution in [0, 0.1) is 12.0 Å². The third-order valence-electron chi connectivity index (χ3n) is 5.00. The highest BCUT2D eigenvalue weighted by molar-refractivity contribution is 9.10. The lowest BCUT2D eigenvalue weighted by atomic mass is 9.95. The summed E-state index contributed by atoms with van der Waals surface area (Å²) in [5.74, 6) is -0.165. The largest absolute Gasteiger partial charge is 0.325 e. The maximum Gasteiger partial charge on any atom is 0.258 e. The molecule has 2 amide bonds. The van der Waals surface area contributed by atoms with Gasteiger partial charge in [-0.15, -0.1) is 0 Å². The molecule has 0 atom stereocenters. The summed E-state index contributed by atoms with van der Waals surface area (Å²) in [5.41, 5.74) is 0.667. The van der Waals surface area contributed by atoms with Crippen molar-refractivity contribution >= 4 is 50.9 Å². The zero-order chi connectivity index (χ0) is 21.0. The van der Waals surface area contributed by atoms with Crippen LogP contribution in [0.3, 0.4) is 0 Å². The van der Waals surface area contributed by atoms with Crippen LogP contribution in [0.25, 0.3) is 0 Å². The van der Waals surface area contributed by atoms with Gasteiger partial charge in [0.1, 0.15) is 5.82 Å². The highest BCUT2D eigenvalue weighted by atomic mass is 79.9. The molecule has 8 heteroatoms. The van der Waals surface area contributed by atoms with Crippen molar-refractivity contribution in [2.24, 2.45) is 5.92 Å². The Morgan fingerprint density at radius 3 is 2.62 bits per heavy atom. The molecule has 1 aromatic heterocycles. The first-order chi connectivity index (χ1) is 13.8. The molecule has 0 unspecified atom stereocenters. The van der Waals surface area contributed by atoms with Gasteiger partial charge in [-0.2, -0.15) is 0 Å². The highest BCUT2D eigenvalue weighted by Crippen LogP contribution is 2.25. The van der Waals surface area contributed by atoms with E-state index in [4.69, 9.17) is 11.6 Å². The van der Waals surface area contributed by atoms with Crippen molar-refractivity contribution < 1.29 is 9.59 Å². The number of halogens is 2. The molecule has 1 saturated heterocycles. The first-order valence-electron chi connectivity index (χ1n) is 9.52. The van der Waals surface area contributed by atoms with Crippen molar-refractivity contribution in [1.82, 2.24) is 9.88 Å². The van der Waals surface area contributed by atoms with E-state index >= 15 is 0 Å². The molecule has 1 aliphatic rings. The van der Waals surface area contributed by atoms with Crippen molar-refractivity contribution in [1.29, 1.82) is 0 Å². The molecule has 0 bridgehead atoms. The van der Waals surface area contributed by atoms with Crippen LogP contribution in [-0.4, -0.2) is 40.8 Å². The van der Waals surface area contributed by atoms with Crippen LogP contribution in [0.15, 0.2) is 34.9 Å². The molecule has 1 fully saturated rings. The molecule has 6 nitrogen and oxygen atoms in total. The second-order valence-corrected chi connectivity index (χ2v) is 8.67. The van der Waals surface area contributed by atoms with Gasteiger partial charge >= 0.3 is 0 Å². The normalized spacial score (nSPS) is 15.3. The topological polar surface area (TPSA) is 74.3 Å². The molecule has 1 aliphatic heterocycles. The van der Waals surface area contributed by atoms with Crippen LogP contribution >= 0.6 is 27.5 Å². The van der Waals surface area contributed by atoms with Crippen molar-refractivity contribution in [2.45, 2.75) is 32.7 Å². The van der Waals surface area contributed by atoms with Crippen LogP contribution in [0.4, 0.5) is 11.5 Å². The maximum absolute atomic E-state index is 12.8. The first-order valence-corrected chi connectivity index (χ1v) is 10.7. The van der Waals surface area contributed by atoms with Gasteiger partial charge in [0.25, 0.3) is 5.91 Å². The Bertz CT molecular complexity index is 881.